The first kappa shape index (κ1) is 18.0. The van der Waals surface area contributed by atoms with Crippen molar-refractivity contribution in [1.29, 1.82) is 0 Å². The normalized spacial score (nSPS) is 20.2. The highest BCUT2D eigenvalue weighted by atomic mass is 35.5. The summed E-state index contributed by atoms with van der Waals surface area (Å²) in [5.74, 6) is 0.897. The molecule has 0 aliphatic carbocycles. The molecule has 1 atom stereocenters. The maximum atomic E-state index is 14.4. The molecule has 1 aliphatic heterocycles. The zero-order chi connectivity index (χ0) is 18.0. The number of anilines is 2. The topological polar surface area (TPSA) is 83.5 Å². The smallest absolute Gasteiger partial charge is 0.154 e. The first-order valence-electron chi connectivity index (χ1n) is 7.72. The van der Waals surface area contributed by atoms with Gasteiger partial charge >= 0.3 is 0 Å². The Kier molecular flexibility index (Phi) is 5.17. The van der Waals surface area contributed by atoms with Gasteiger partial charge in [-0.2, -0.15) is 0 Å². The second-order valence-electron chi connectivity index (χ2n) is 5.97. The number of amidine groups is 1. The highest BCUT2D eigenvalue weighted by molar-refractivity contribution is 8.13. The van der Waals surface area contributed by atoms with Crippen LogP contribution in [0.4, 0.5) is 15.9 Å². The second-order valence-corrected chi connectivity index (χ2v) is 7.50. The third kappa shape index (κ3) is 3.89. The van der Waals surface area contributed by atoms with E-state index in [1.165, 1.54) is 24.0 Å². The zero-order valence-electron chi connectivity index (χ0n) is 13.6. The van der Waals surface area contributed by atoms with E-state index in [0.29, 0.717) is 39.2 Å². The first-order valence-corrected chi connectivity index (χ1v) is 9.08. The van der Waals surface area contributed by atoms with E-state index in [0.717, 1.165) is 5.75 Å². The van der Waals surface area contributed by atoms with E-state index in [9.17, 15) is 4.39 Å². The van der Waals surface area contributed by atoms with Gasteiger partial charge in [0.05, 0.1) is 17.2 Å². The first-order chi connectivity index (χ1) is 11.9. The van der Waals surface area contributed by atoms with E-state index in [2.05, 4.69) is 15.3 Å². The van der Waals surface area contributed by atoms with Crippen LogP contribution >= 0.6 is 23.4 Å². The van der Waals surface area contributed by atoms with Crippen LogP contribution in [0.2, 0.25) is 5.02 Å². The minimum absolute atomic E-state index is 0.135. The average molecular weight is 381 g/mol. The Balaban J connectivity index is 1.93. The fourth-order valence-electron chi connectivity index (χ4n) is 2.69. The molecule has 0 saturated carbocycles. The number of aliphatic hydroxyl groups is 1. The van der Waals surface area contributed by atoms with Crippen LogP contribution in [-0.4, -0.2) is 21.0 Å². The highest BCUT2D eigenvalue weighted by Crippen LogP contribution is 2.38. The lowest BCUT2D eigenvalue weighted by Crippen LogP contribution is -2.29. The molecule has 2 aromatic rings. The molecular formula is C17H18ClFN4OS. The van der Waals surface area contributed by atoms with Gasteiger partial charge in [-0.05, 0) is 43.2 Å². The van der Waals surface area contributed by atoms with Gasteiger partial charge in [0, 0.05) is 23.2 Å². The van der Waals surface area contributed by atoms with Gasteiger partial charge in [0.25, 0.3) is 0 Å². The van der Waals surface area contributed by atoms with Crippen LogP contribution in [-0.2, 0) is 12.1 Å². The van der Waals surface area contributed by atoms with Crippen LogP contribution in [0.5, 0.6) is 0 Å². The maximum absolute atomic E-state index is 14.4. The van der Waals surface area contributed by atoms with Crippen molar-refractivity contribution in [3.8, 4) is 0 Å². The molecule has 1 aliphatic rings. The summed E-state index contributed by atoms with van der Waals surface area (Å²) >= 11 is 7.65. The van der Waals surface area contributed by atoms with Gasteiger partial charge in [-0.3, -0.25) is 4.99 Å². The van der Waals surface area contributed by atoms with Crippen molar-refractivity contribution in [3.63, 3.8) is 0 Å². The van der Waals surface area contributed by atoms with E-state index < -0.39 is 5.54 Å². The molecule has 1 aromatic carbocycles. The average Bonchev–Trinajstić information content (AvgIpc) is 2.58. The summed E-state index contributed by atoms with van der Waals surface area (Å²) in [7, 11) is 0. The molecule has 0 radical (unpaired) electrons. The second kappa shape index (κ2) is 7.19. The Bertz CT molecular complexity index is 832. The summed E-state index contributed by atoms with van der Waals surface area (Å²) < 4.78 is 14.4. The Labute approximate surface area is 154 Å². The van der Waals surface area contributed by atoms with E-state index >= 15 is 0 Å². The summed E-state index contributed by atoms with van der Waals surface area (Å²) in [6.45, 7) is 1.74. The van der Waals surface area contributed by atoms with Gasteiger partial charge < -0.3 is 16.2 Å². The van der Waals surface area contributed by atoms with Gasteiger partial charge in [-0.15, -0.1) is 0 Å². The van der Waals surface area contributed by atoms with Crippen molar-refractivity contribution in [2.24, 2.45) is 10.7 Å². The molecule has 0 spiro atoms. The summed E-state index contributed by atoms with van der Waals surface area (Å²) in [5.41, 5.74) is 6.88. The minimum atomic E-state index is -0.699. The quantitative estimate of drug-likeness (QED) is 0.751. The van der Waals surface area contributed by atoms with Crippen molar-refractivity contribution >= 4 is 40.0 Å². The summed E-state index contributed by atoms with van der Waals surface area (Å²) in [6.07, 6.45) is 2.23. The molecule has 25 heavy (non-hydrogen) atoms. The highest BCUT2D eigenvalue weighted by Gasteiger charge is 2.32. The number of aliphatic imine (C=N–C) groups is 1. The minimum Gasteiger partial charge on any atom is -0.392 e. The lowest BCUT2D eigenvalue weighted by atomic mass is 9.89. The van der Waals surface area contributed by atoms with E-state index in [1.54, 1.807) is 18.2 Å². The fourth-order valence-corrected chi connectivity index (χ4v) is 3.90. The molecule has 1 aromatic heterocycles. The largest absolute Gasteiger partial charge is 0.392 e. The lowest BCUT2D eigenvalue weighted by molar-refractivity contribution is 0.281. The molecule has 3 rings (SSSR count). The number of hydrogen-bond donors (Lipinski definition) is 3. The molecule has 0 fully saturated rings. The molecule has 0 saturated heterocycles. The van der Waals surface area contributed by atoms with Gasteiger partial charge in [-0.1, -0.05) is 23.4 Å². The number of nitrogens with one attached hydrogen (secondary N) is 1. The number of aliphatic hydroxyl groups excluding tert-OH is 1. The van der Waals surface area contributed by atoms with Crippen LogP contribution in [0, 0.1) is 5.82 Å². The van der Waals surface area contributed by atoms with Crippen molar-refractivity contribution in [1.82, 2.24) is 4.98 Å². The lowest BCUT2D eigenvalue weighted by Gasteiger charge is -2.30. The van der Waals surface area contributed by atoms with Crippen LogP contribution in [0.1, 0.15) is 24.5 Å². The SMILES string of the molecule is C[C@@]1(c2cc(Nc3ncc(CO)cc3Cl)ccc2F)CCSC(N)=N1. The number of aromatic nitrogens is 1. The van der Waals surface area contributed by atoms with Crippen LogP contribution in [0.15, 0.2) is 35.5 Å². The molecule has 0 unspecified atom stereocenters. The molecular weight excluding hydrogens is 363 g/mol. The molecule has 0 amide bonds. The number of nitrogens with zero attached hydrogens (tertiary/aromatic N) is 2. The van der Waals surface area contributed by atoms with Crippen molar-refractivity contribution in [2.45, 2.75) is 25.5 Å². The van der Waals surface area contributed by atoms with Crippen molar-refractivity contribution in [2.75, 3.05) is 11.1 Å². The van der Waals surface area contributed by atoms with Gasteiger partial charge in [0.1, 0.15) is 11.6 Å². The number of hydrogen-bond acceptors (Lipinski definition) is 6. The Hall–Kier alpha value is -1.83. The van der Waals surface area contributed by atoms with Gasteiger partial charge in [0.15, 0.2) is 5.17 Å². The number of halogens is 2. The Morgan fingerprint density at radius 3 is 2.92 bits per heavy atom. The number of benzene rings is 1. The summed E-state index contributed by atoms with van der Waals surface area (Å²) in [5, 5.41) is 13.0. The van der Waals surface area contributed by atoms with Crippen molar-refractivity contribution in [3.05, 3.63) is 52.4 Å². The predicted molar refractivity (Wildman–Crippen MR) is 101 cm³/mol. The molecule has 2 heterocycles. The molecule has 5 nitrogen and oxygen atoms in total. The van der Waals surface area contributed by atoms with Crippen LogP contribution in [0.25, 0.3) is 0 Å². The number of nitrogens with two attached hydrogens (primary N) is 1. The van der Waals surface area contributed by atoms with Gasteiger partial charge in [-0.25, -0.2) is 9.37 Å². The molecule has 4 N–H and O–H groups in total. The van der Waals surface area contributed by atoms with Crippen molar-refractivity contribution < 1.29 is 9.50 Å². The maximum Gasteiger partial charge on any atom is 0.154 e. The van der Waals surface area contributed by atoms with Gasteiger partial charge in [0.2, 0.25) is 0 Å². The molecule has 132 valence electrons. The molecule has 8 heteroatoms. The van der Waals surface area contributed by atoms with Crippen LogP contribution < -0.4 is 11.1 Å². The zero-order valence-corrected chi connectivity index (χ0v) is 15.2. The molecule has 0 bridgehead atoms. The monoisotopic (exact) mass is 380 g/mol. The number of thioether (sulfide) groups is 1. The number of pyridine rings is 1. The Morgan fingerprint density at radius 1 is 1.44 bits per heavy atom. The Morgan fingerprint density at radius 2 is 2.24 bits per heavy atom. The van der Waals surface area contributed by atoms with E-state index in [-0.39, 0.29) is 12.4 Å². The summed E-state index contributed by atoms with van der Waals surface area (Å²) in [6, 6.07) is 6.35. The standard InChI is InChI=1S/C17H18ClFN4OS/c1-17(4-5-25-16(20)23-17)12-7-11(2-3-14(12)19)22-15-13(18)6-10(9-24)8-21-15/h2-3,6-8,24H,4-5,9H2,1H3,(H2,20,23)(H,21,22)/t17-/m0/s1. The third-order valence-electron chi connectivity index (χ3n) is 4.09. The van der Waals surface area contributed by atoms with E-state index in [1.807, 2.05) is 6.92 Å². The van der Waals surface area contributed by atoms with Crippen LogP contribution in [0.3, 0.4) is 0 Å². The predicted octanol–water partition coefficient (Wildman–Crippen LogP) is 3.78. The third-order valence-corrected chi connectivity index (χ3v) is 5.17. The fraction of sp³-hybridized carbons (Fsp3) is 0.294. The van der Waals surface area contributed by atoms with E-state index in [4.69, 9.17) is 22.4 Å². The summed E-state index contributed by atoms with van der Waals surface area (Å²) in [4.78, 5) is 8.64. The number of rotatable bonds is 4.